The molecule has 1 amide bonds. The predicted octanol–water partition coefficient (Wildman–Crippen LogP) is 3.36. The number of ether oxygens (including phenoxy) is 1. The Morgan fingerprint density at radius 3 is 2.81 bits per heavy atom. The number of likely N-dealkylation sites (N-methyl/N-ethyl adjacent to an activating group) is 1. The first-order chi connectivity index (χ1) is 12.8. The summed E-state index contributed by atoms with van der Waals surface area (Å²) in [6, 6.07) is 3.79. The van der Waals surface area contributed by atoms with E-state index in [1.807, 2.05) is 50.5 Å². The summed E-state index contributed by atoms with van der Waals surface area (Å²) in [5.74, 6) is 0.714. The number of anilines is 1. The van der Waals surface area contributed by atoms with Gasteiger partial charge in [-0.05, 0) is 39.8 Å². The lowest BCUT2D eigenvalue weighted by atomic mass is 10.3. The molecule has 8 nitrogen and oxygen atoms in total. The Balaban J connectivity index is 1.70. The van der Waals surface area contributed by atoms with Crippen LogP contribution in [0.25, 0.3) is 16.2 Å². The molecule has 0 saturated carbocycles. The number of aromatic nitrogens is 4. The number of imidazole rings is 1. The number of amides is 1. The molecule has 0 saturated heterocycles. The van der Waals surface area contributed by atoms with E-state index in [1.165, 1.54) is 4.90 Å². The van der Waals surface area contributed by atoms with Crippen LogP contribution in [0.5, 0.6) is 0 Å². The van der Waals surface area contributed by atoms with Gasteiger partial charge in [-0.3, -0.25) is 0 Å². The maximum Gasteiger partial charge on any atom is 0.409 e. The summed E-state index contributed by atoms with van der Waals surface area (Å²) in [4.78, 5) is 23.3. The van der Waals surface area contributed by atoms with E-state index in [0.717, 1.165) is 26.9 Å². The number of thiazole rings is 1. The van der Waals surface area contributed by atoms with Crippen LogP contribution in [0.4, 0.5) is 10.6 Å². The standard InChI is InChI=1S/C18H24N6O2S/c1-11(2)26-18(25)23(5)9-8-19-15-6-7-16-20-10-14(24(16)22-15)17-12(3)21-13(4)27-17/h6-7,10-11H,8-9H2,1-5H3,(H,19,22). The Bertz CT molecular complexity index is 949. The minimum Gasteiger partial charge on any atom is -0.447 e. The average Bonchev–Trinajstić information content (AvgIpc) is 3.16. The van der Waals surface area contributed by atoms with Gasteiger partial charge < -0.3 is 15.0 Å². The highest BCUT2D eigenvalue weighted by atomic mass is 32.1. The molecule has 0 spiro atoms. The monoisotopic (exact) mass is 388 g/mol. The van der Waals surface area contributed by atoms with Crippen LogP contribution in [-0.4, -0.2) is 56.8 Å². The molecule has 9 heteroatoms. The zero-order chi connectivity index (χ0) is 19.6. The Morgan fingerprint density at radius 2 is 2.15 bits per heavy atom. The number of nitrogens with zero attached hydrogens (tertiary/aromatic N) is 5. The minimum atomic E-state index is -0.330. The summed E-state index contributed by atoms with van der Waals surface area (Å²) in [6.45, 7) is 8.72. The zero-order valence-corrected chi connectivity index (χ0v) is 17.0. The minimum absolute atomic E-state index is 0.129. The third kappa shape index (κ3) is 4.36. The molecule has 0 aliphatic heterocycles. The highest BCUT2D eigenvalue weighted by molar-refractivity contribution is 7.15. The Labute approximate surface area is 162 Å². The van der Waals surface area contributed by atoms with Gasteiger partial charge in [0.15, 0.2) is 5.65 Å². The molecule has 3 aromatic heterocycles. The molecule has 0 unspecified atom stereocenters. The lowest BCUT2D eigenvalue weighted by Crippen LogP contribution is -2.33. The molecule has 144 valence electrons. The molecule has 0 aliphatic carbocycles. The van der Waals surface area contributed by atoms with Gasteiger partial charge in [0.05, 0.1) is 27.9 Å². The Hall–Kier alpha value is -2.68. The molecular formula is C18H24N6O2S. The molecular weight excluding hydrogens is 364 g/mol. The van der Waals surface area contributed by atoms with E-state index >= 15 is 0 Å². The smallest absolute Gasteiger partial charge is 0.409 e. The average molecular weight is 388 g/mol. The van der Waals surface area contributed by atoms with Gasteiger partial charge in [0.25, 0.3) is 0 Å². The lowest BCUT2D eigenvalue weighted by molar-refractivity contribution is 0.0851. The fraction of sp³-hybridized carbons (Fsp3) is 0.444. The lowest BCUT2D eigenvalue weighted by Gasteiger charge is -2.18. The summed E-state index contributed by atoms with van der Waals surface area (Å²) in [5.41, 5.74) is 2.68. The van der Waals surface area contributed by atoms with Crippen LogP contribution < -0.4 is 5.32 Å². The molecule has 0 atom stereocenters. The SMILES string of the molecule is Cc1nc(C)c(-c2cnc3ccc(NCCN(C)C(=O)OC(C)C)nn23)s1. The van der Waals surface area contributed by atoms with Crippen molar-refractivity contribution >= 4 is 28.9 Å². The second-order valence-corrected chi connectivity index (χ2v) is 7.76. The number of fused-ring (bicyclic) bond motifs is 1. The number of hydrogen-bond donors (Lipinski definition) is 1. The maximum absolute atomic E-state index is 11.8. The first-order valence-corrected chi connectivity index (χ1v) is 9.61. The van der Waals surface area contributed by atoms with Gasteiger partial charge in [-0.15, -0.1) is 16.4 Å². The van der Waals surface area contributed by atoms with Crippen LogP contribution in [-0.2, 0) is 4.74 Å². The normalized spacial score (nSPS) is 11.2. The highest BCUT2D eigenvalue weighted by Gasteiger charge is 2.14. The van der Waals surface area contributed by atoms with Gasteiger partial charge in [-0.1, -0.05) is 0 Å². The molecule has 3 heterocycles. The first-order valence-electron chi connectivity index (χ1n) is 8.80. The molecule has 0 radical (unpaired) electrons. The second kappa shape index (κ2) is 7.91. The topological polar surface area (TPSA) is 84.7 Å². The van der Waals surface area contributed by atoms with Gasteiger partial charge in [-0.25, -0.2) is 19.3 Å². The first kappa shape index (κ1) is 19.1. The van der Waals surface area contributed by atoms with E-state index in [-0.39, 0.29) is 12.2 Å². The molecule has 3 aromatic rings. The fourth-order valence-electron chi connectivity index (χ4n) is 2.63. The van der Waals surface area contributed by atoms with Crippen molar-refractivity contribution in [2.45, 2.75) is 33.8 Å². The van der Waals surface area contributed by atoms with Crippen LogP contribution in [0, 0.1) is 13.8 Å². The van der Waals surface area contributed by atoms with Gasteiger partial charge in [0.2, 0.25) is 0 Å². The molecule has 1 N–H and O–H groups in total. The Kier molecular flexibility index (Phi) is 5.59. The highest BCUT2D eigenvalue weighted by Crippen LogP contribution is 2.29. The van der Waals surface area contributed by atoms with E-state index in [1.54, 1.807) is 18.4 Å². The second-order valence-electron chi connectivity index (χ2n) is 6.56. The maximum atomic E-state index is 11.8. The number of hydrogen-bond acceptors (Lipinski definition) is 7. The number of carbonyl (C=O) groups is 1. The largest absolute Gasteiger partial charge is 0.447 e. The van der Waals surface area contributed by atoms with E-state index < -0.39 is 0 Å². The zero-order valence-electron chi connectivity index (χ0n) is 16.2. The number of aryl methyl sites for hydroxylation is 2. The van der Waals surface area contributed by atoms with E-state index in [0.29, 0.717) is 18.9 Å². The van der Waals surface area contributed by atoms with E-state index in [4.69, 9.17) is 4.74 Å². The van der Waals surface area contributed by atoms with Crippen molar-refractivity contribution in [2.75, 3.05) is 25.5 Å². The fourth-order valence-corrected chi connectivity index (χ4v) is 3.54. The van der Waals surface area contributed by atoms with Crippen molar-refractivity contribution < 1.29 is 9.53 Å². The summed E-state index contributed by atoms with van der Waals surface area (Å²) in [5, 5.41) is 8.90. The predicted molar refractivity (Wildman–Crippen MR) is 106 cm³/mol. The van der Waals surface area contributed by atoms with Crippen molar-refractivity contribution in [1.82, 2.24) is 24.5 Å². The summed E-state index contributed by atoms with van der Waals surface area (Å²) in [7, 11) is 1.71. The third-order valence-electron chi connectivity index (χ3n) is 3.90. The third-order valence-corrected chi connectivity index (χ3v) is 5.00. The van der Waals surface area contributed by atoms with Crippen molar-refractivity contribution in [3.63, 3.8) is 0 Å². The van der Waals surface area contributed by atoms with Crippen molar-refractivity contribution in [2.24, 2.45) is 0 Å². The molecule has 0 fully saturated rings. The van der Waals surface area contributed by atoms with E-state index in [9.17, 15) is 4.79 Å². The van der Waals surface area contributed by atoms with Gasteiger partial charge in [-0.2, -0.15) is 0 Å². The summed E-state index contributed by atoms with van der Waals surface area (Å²) in [6.07, 6.45) is 1.36. The molecule has 0 bridgehead atoms. The van der Waals surface area contributed by atoms with Crippen molar-refractivity contribution in [1.29, 1.82) is 0 Å². The van der Waals surface area contributed by atoms with Crippen LogP contribution in [0.3, 0.4) is 0 Å². The van der Waals surface area contributed by atoms with Gasteiger partial charge >= 0.3 is 6.09 Å². The summed E-state index contributed by atoms with van der Waals surface area (Å²) >= 11 is 1.63. The van der Waals surface area contributed by atoms with Gasteiger partial charge in [0.1, 0.15) is 11.5 Å². The van der Waals surface area contributed by atoms with Crippen molar-refractivity contribution in [3.8, 4) is 10.6 Å². The van der Waals surface area contributed by atoms with Crippen molar-refractivity contribution in [3.05, 3.63) is 29.0 Å². The number of nitrogens with one attached hydrogen (secondary N) is 1. The quantitative estimate of drug-likeness (QED) is 0.697. The van der Waals surface area contributed by atoms with Crippen LogP contribution in [0.1, 0.15) is 24.5 Å². The molecule has 0 aromatic carbocycles. The van der Waals surface area contributed by atoms with Gasteiger partial charge in [0, 0.05) is 20.1 Å². The van der Waals surface area contributed by atoms with Crippen LogP contribution >= 0.6 is 11.3 Å². The van der Waals surface area contributed by atoms with Crippen LogP contribution in [0.15, 0.2) is 18.3 Å². The number of rotatable bonds is 6. The molecule has 3 rings (SSSR count). The number of carbonyl (C=O) groups excluding carboxylic acids is 1. The Morgan fingerprint density at radius 1 is 1.37 bits per heavy atom. The summed E-state index contributed by atoms with van der Waals surface area (Å²) < 4.78 is 6.98. The molecule has 0 aliphatic rings. The van der Waals surface area contributed by atoms with Crippen LogP contribution in [0.2, 0.25) is 0 Å². The molecule has 27 heavy (non-hydrogen) atoms. The van der Waals surface area contributed by atoms with E-state index in [2.05, 4.69) is 20.4 Å².